The van der Waals surface area contributed by atoms with Gasteiger partial charge < -0.3 is 5.32 Å². The van der Waals surface area contributed by atoms with Crippen molar-refractivity contribution in [2.45, 2.75) is 25.7 Å². The van der Waals surface area contributed by atoms with Crippen LogP contribution in [0.15, 0.2) is 18.3 Å². The zero-order valence-electron chi connectivity index (χ0n) is 8.09. The molecule has 0 atom stereocenters. The lowest BCUT2D eigenvalue weighted by Crippen LogP contribution is -2.26. The van der Waals surface area contributed by atoms with Crippen molar-refractivity contribution in [2.75, 3.05) is 13.1 Å². The summed E-state index contributed by atoms with van der Waals surface area (Å²) in [5, 5.41) is 3.38. The van der Waals surface area contributed by atoms with Crippen LogP contribution >= 0.6 is 0 Å². The van der Waals surface area contributed by atoms with Gasteiger partial charge in [-0.3, -0.25) is 4.98 Å². The van der Waals surface area contributed by atoms with Gasteiger partial charge in [0.05, 0.1) is 0 Å². The fraction of sp³-hybridized carbons (Fsp3) is 0.545. The fourth-order valence-electron chi connectivity index (χ4n) is 1.88. The molecule has 0 aromatic carbocycles. The Hall–Kier alpha value is -0.890. The van der Waals surface area contributed by atoms with Crippen LogP contribution in [0.2, 0.25) is 0 Å². The van der Waals surface area contributed by atoms with Crippen molar-refractivity contribution in [3.05, 3.63) is 29.6 Å². The van der Waals surface area contributed by atoms with Gasteiger partial charge >= 0.3 is 0 Å². The maximum atomic E-state index is 4.33. The van der Waals surface area contributed by atoms with Crippen molar-refractivity contribution in [3.8, 4) is 0 Å². The van der Waals surface area contributed by atoms with Crippen LogP contribution in [0.25, 0.3) is 0 Å². The molecule has 0 bridgehead atoms. The van der Waals surface area contributed by atoms with Gasteiger partial charge in [0.2, 0.25) is 0 Å². The highest BCUT2D eigenvalue weighted by molar-refractivity contribution is 5.18. The van der Waals surface area contributed by atoms with Crippen molar-refractivity contribution in [1.82, 2.24) is 10.3 Å². The summed E-state index contributed by atoms with van der Waals surface area (Å²) >= 11 is 0. The normalized spacial score (nSPS) is 18.8. The molecule has 0 spiro atoms. The van der Waals surface area contributed by atoms with Crippen LogP contribution in [-0.4, -0.2) is 18.1 Å². The van der Waals surface area contributed by atoms with E-state index in [1.54, 1.807) is 0 Å². The number of hydrogen-bond donors (Lipinski definition) is 1. The zero-order chi connectivity index (χ0) is 9.10. The summed E-state index contributed by atoms with van der Waals surface area (Å²) in [5.74, 6) is 0.731. The molecule has 1 fully saturated rings. The average molecular weight is 176 g/mol. The summed E-state index contributed by atoms with van der Waals surface area (Å²) < 4.78 is 0. The summed E-state index contributed by atoms with van der Waals surface area (Å²) in [6.45, 7) is 4.34. The highest BCUT2D eigenvalue weighted by Crippen LogP contribution is 2.24. The third kappa shape index (κ3) is 2.07. The lowest BCUT2D eigenvalue weighted by atomic mass is 9.91. The van der Waals surface area contributed by atoms with Crippen LogP contribution in [0, 0.1) is 6.92 Å². The van der Waals surface area contributed by atoms with Crippen LogP contribution in [0.1, 0.15) is 30.0 Å². The van der Waals surface area contributed by atoms with E-state index in [1.807, 2.05) is 13.1 Å². The highest BCUT2D eigenvalue weighted by Gasteiger charge is 2.14. The molecule has 13 heavy (non-hydrogen) atoms. The van der Waals surface area contributed by atoms with Gasteiger partial charge in [-0.05, 0) is 50.4 Å². The zero-order valence-corrected chi connectivity index (χ0v) is 8.09. The molecule has 0 saturated carbocycles. The van der Waals surface area contributed by atoms with E-state index in [2.05, 4.69) is 22.4 Å². The van der Waals surface area contributed by atoms with Gasteiger partial charge in [0.15, 0.2) is 0 Å². The number of aryl methyl sites for hydroxylation is 1. The van der Waals surface area contributed by atoms with Crippen LogP contribution in [0.5, 0.6) is 0 Å². The van der Waals surface area contributed by atoms with E-state index in [1.165, 1.54) is 18.4 Å². The Labute approximate surface area is 79.4 Å². The largest absolute Gasteiger partial charge is 0.317 e. The molecule has 1 aromatic heterocycles. The number of pyridine rings is 1. The third-order valence-corrected chi connectivity index (χ3v) is 2.74. The van der Waals surface area contributed by atoms with Crippen molar-refractivity contribution in [3.63, 3.8) is 0 Å². The summed E-state index contributed by atoms with van der Waals surface area (Å²) in [4.78, 5) is 4.33. The minimum atomic E-state index is 0.731. The number of piperidine rings is 1. The molecule has 2 heterocycles. The van der Waals surface area contributed by atoms with Gasteiger partial charge in [0.25, 0.3) is 0 Å². The lowest BCUT2D eigenvalue weighted by molar-refractivity contribution is 0.459. The van der Waals surface area contributed by atoms with Crippen molar-refractivity contribution < 1.29 is 0 Å². The first-order valence-electron chi connectivity index (χ1n) is 4.99. The monoisotopic (exact) mass is 176 g/mol. The molecule has 0 aliphatic carbocycles. The maximum Gasteiger partial charge on any atom is 0.0372 e. The van der Waals surface area contributed by atoms with E-state index in [0.717, 1.165) is 24.7 Å². The molecule has 1 aliphatic rings. The van der Waals surface area contributed by atoms with Gasteiger partial charge in [0.1, 0.15) is 0 Å². The predicted molar refractivity (Wildman–Crippen MR) is 53.8 cm³/mol. The Morgan fingerprint density at radius 2 is 2.08 bits per heavy atom. The molecule has 0 amide bonds. The maximum absolute atomic E-state index is 4.33. The molecule has 0 radical (unpaired) electrons. The van der Waals surface area contributed by atoms with Gasteiger partial charge in [-0.15, -0.1) is 0 Å². The van der Waals surface area contributed by atoms with Crippen LogP contribution < -0.4 is 5.32 Å². The van der Waals surface area contributed by atoms with Crippen molar-refractivity contribution in [2.24, 2.45) is 0 Å². The molecule has 70 valence electrons. The smallest absolute Gasteiger partial charge is 0.0372 e. The second kappa shape index (κ2) is 3.88. The van der Waals surface area contributed by atoms with E-state index in [0.29, 0.717) is 0 Å². The summed E-state index contributed by atoms with van der Waals surface area (Å²) in [6, 6.07) is 4.33. The third-order valence-electron chi connectivity index (χ3n) is 2.74. The van der Waals surface area contributed by atoms with Gasteiger partial charge in [-0.25, -0.2) is 0 Å². The van der Waals surface area contributed by atoms with Gasteiger partial charge in [0, 0.05) is 11.9 Å². The molecule has 1 N–H and O–H groups in total. The molecule has 1 saturated heterocycles. The quantitative estimate of drug-likeness (QED) is 0.706. The Balaban J connectivity index is 2.10. The predicted octanol–water partition coefficient (Wildman–Crippen LogP) is 1.86. The molecule has 1 aromatic rings. The Kier molecular flexibility index (Phi) is 2.60. The molecule has 2 nitrogen and oxygen atoms in total. The van der Waals surface area contributed by atoms with Gasteiger partial charge in [-0.1, -0.05) is 6.07 Å². The fourth-order valence-corrected chi connectivity index (χ4v) is 1.88. The first-order valence-corrected chi connectivity index (χ1v) is 4.99. The number of rotatable bonds is 1. The van der Waals surface area contributed by atoms with Crippen molar-refractivity contribution in [1.29, 1.82) is 0 Å². The first-order chi connectivity index (χ1) is 6.36. The second-order valence-electron chi connectivity index (χ2n) is 3.76. The van der Waals surface area contributed by atoms with E-state index in [4.69, 9.17) is 0 Å². The van der Waals surface area contributed by atoms with Gasteiger partial charge in [-0.2, -0.15) is 0 Å². The highest BCUT2D eigenvalue weighted by atomic mass is 14.9. The van der Waals surface area contributed by atoms with E-state index in [9.17, 15) is 0 Å². The minimum absolute atomic E-state index is 0.731. The van der Waals surface area contributed by atoms with Crippen molar-refractivity contribution >= 4 is 0 Å². The average Bonchev–Trinajstić information content (AvgIpc) is 2.20. The topological polar surface area (TPSA) is 24.9 Å². The lowest BCUT2D eigenvalue weighted by Gasteiger charge is -2.22. The Morgan fingerprint density at radius 1 is 1.31 bits per heavy atom. The molecule has 0 unspecified atom stereocenters. The number of hydrogen-bond acceptors (Lipinski definition) is 2. The number of nitrogens with one attached hydrogen (secondary N) is 1. The molecule has 2 rings (SSSR count). The second-order valence-corrected chi connectivity index (χ2v) is 3.76. The summed E-state index contributed by atoms with van der Waals surface area (Å²) in [6.07, 6.45) is 4.54. The SMILES string of the molecule is Cc1ccc(C2CCNCC2)cn1. The van der Waals surface area contributed by atoms with E-state index >= 15 is 0 Å². The molecular formula is C11H16N2. The summed E-state index contributed by atoms with van der Waals surface area (Å²) in [5.41, 5.74) is 2.52. The standard InChI is InChI=1S/C11H16N2/c1-9-2-3-11(8-13-9)10-4-6-12-7-5-10/h2-3,8,10,12H,4-7H2,1H3. The molecule has 2 heteroatoms. The molecular weight excluding hydrogens is 160 g/mol. The number of nitrogens with zero attached hydrogens (tertiary/aromatic N) is 1. The summed E-state index contributed by atoms with van der Waals surface area (Å²) in [7, 11) is 0. The van der Waals surface area contributed by atoms with E-state index < -0.39 is 0 Å². The Bertz CT molecular complexity index is 260. The van der Waals surface area contributed by atoms with Crippen LogP contribution in [0.4, 0.5) is 0 Å². The van der Waals surface area contributed by atoms with Crippen LogP contribution in [0.3, 0.4) is 0 Å². The number of aromatic nitrogens is 1. The van der Waals surface area contributed by atoms with E-state index in [-0.39, 0.29) is 0 Å². The van der Waals surface area contributed by atoms with Crippen LogP contribution in [-0.2, 0) is 0 Å². The molecule has 1 aliphatic heterocycles. The first kappa shape index (κ1) is 8.70. The Morgan fingerprint density at radius 3 is 2.69 bits per heavy atom. The minimum Gasteiger partial charge on any atom is -0.317 e.